The number of esters is 1. The molecular weight excluding hydrogens is 306 g/mol. The van der Waals surface area contributed by atoms with Gasteiger partial charge in [0.1, 0.15) is 5.69 Å². The minimum absolute atomic E-state index is 0.240. The first-order chi connectivity index (χ1) is 10.5. The van der Waals surface area contributed by atoms with Crippen molar-refractivity contribution in [1.29, 1.82) is 0 Å². The number of aromatic nitrogens is 2. The van der Waals surface area contributed by atoms with Crippen LogP contribution >= 0.6 is 11.6 Å². The Labute approximate surface area is 133 Å². The molecule has 0 unspecified atom stereocenters. The van der Waals surface area contributed by atoms with Crippen molar-refractivity contribution in [3.05, 3.63) is 52.3 Å². The van der Waals surface area contributed by atoms with Crippen LogP contribution in [0.1, 0.15) is 33.3 Å². The van der Waals surface area contributed by atoms with Crippen LogP contribution in [0.25, 0.3) is 0 Å². The van der Waals surface area contributed by atoms with Gasteiger partial charge in [-0.3, -0.25) is 9.48 Å². The highest BCUT2D eigenvalue weighted by molar-refractivity contribution is 6.31. The molecule has 1 aromatic carbocycles. The lowest BCUT2D eigenvalue weighted by Gasteiger charge is -2.05. The lowest BCUT2D eigenvalue weighted by atomic mass is 10.1. The molecule has 116 valence electrons. The molecule has 1 N–H and O–H groups in total. The van der Waals surface area contributed by atoms with Gasteiger partial charge in [-0.2, -0.15) is 5.10 Å². The Bertz CT molecular complexity index is 680. The molecule has 0 fully saturated rings. The summed E-state index contributed by atoms with van der Waals surface area (Å²) in [5.74, 6) is -0.706. The van der Waals surface area contributed by atoms with Gasteiger partial charge in [-0.05, 0) is 31.2 Å². The first-order valence-corrected chi connectivity index (χ1v) is 7.11. The predicted molar refractivity (Wildman–Crippen MR) is 81.9 cm³/mol. The van der Waals surface area contributed by atoms with Crippen LogP contribution in [0.3, 0.4) is 0 Å². The Morgan fingerprint density at radius 2 is 1.91 bits per heavy atom. The van der Waals surface area contributed by atoms with Crippen LogP contribution in [0.4, 0.5) is 0 Å². The van der Waals surface area contributed by atoms with E-state index in [0.29, 0.717) is 28.4 Å². The number of hydrogen-bond acceptors (Lipinski definition) is 4. The average molecular weight is 322 g/mol. The van der Waals surface area contributed by atoms with E-state index in [-0.39, 0.29) is 12.5 Å². The van der Waals surface area contributed by atoms with Crippen molar-refractivity contribution in [3.8, 4) is 0 Å². The Balaban J connectivity index is 2.00. The molecule has 2 aromatic rings. The quantitative estimate of drug-likeness (QED) is 0.857. The second kappa shape index (κ2) is 7.09. The summed E-state index contributed by atoms with van der Waals surface area (Å²) < 4.78 is 6.31. The summed E-state index contributed by atoms with van der Waals surface area (Å²) in [6.07, 6.45) is 1.72. The van der Waals surface area contributed by atoms with Crippen molar-refractivity contribution in [2.75, 3.05) is 7.11 Å². The summed E-state index contributed by atoms with van der Waals surface area (Å²) in [4.78, 5) is 23.4. The zero-order valence-electron chi connectivity index (χ0n) is 12.3. The lowest BCUT2D eigenvalue weighted by Crippen LogP contribution is -2.23. The van der Waals surface area contributed by atoms with Gasteiger partial charge in [0.05, 0.1) is 24.2 Å². The summed E-state index contributed by atoms with van der Waals surface area (Å²) in [5.41, 5.74) is 1.45. The number of amides is 1. The van der Waals surface area contributed by atoms with E-state index in [1.165, 1.54) is 7.11 Å². The van der Waals surface area contributed by atoms with Gasteiger partial charge in [0, 0.05) is 18.3 Å². The number of rotatable bonds is 5. The van der Waals surface area contributed by atoms with Crippen molar-refractivity contribution < 1.29 is 14.3 Å². The molecule has 0 spiro atoms. The Hall–Kier alpha value is -2.34. The summed E-state index contributed by atoms with van der Waals surface area (Å²) in [6.45, 7) is 2.90. The van der Waals surface area contributed by atoms with Crippen LogP contribution in [0, 0.1) is 0 Å². The third-order valence-electron chi connectivity index (χ3n) is 3.10. The van der Waals surface area contributed by atoms with Crippen LogP contribution in [0.15, 0.2) is 30.5 Å². The normalized spacial score (nSPS) is 10.3. The van der Waals surface area contributed by atoms with Crippen LogP contribution < -0.4 is 5.32 Å². The first kappa shape index (κ1) is 16.0. The molecule has 2 rings (SSSR count). The highest BCUT2D eigenvalue weighted by Crippen LogP contribution is 2.14. The number of benzene rings is 1. The lowest BCUT2D eigenvalue weighted by molar-refractivity contribution is 0.0600. The number of carbonyl (C=O) groups is 2. The van der Waals surface area contributed by atoms with Gasteiger partial charge in [0.25, 0.3) is 5.91 Å². The predicted octanol–water partition coefficient (Wildman–Crippen LogP) is 2.27. The van der Waals surface area contributed by atoms with Crippen molar-refractivity contribution in [2.24, 2.45) is 0 Å². The van der Waals surface area contributed by atoms with Crippen LogP contribution in [-0.2, 0) is 17.8 Å². The van der Waals surface area contributed by atoms with Crippen molar-refractivity contribution >= 4 is 23.5 Å². The van der Waals surface area contributed by atoms with E-state index >= 15 is 0 Å². The number of nitrogens with one attached hydrogen (secondary N) is 1. The number of nitrogens with zero attached hydrogens (tertiary/aromatic N) is 2. The molecule has 0 aliphatic heterocycles. The molecule has 0 radical (unpaired) electrons. The maximum absolute atomic E-state index is 12.1. The van der Waals surface area contributed by atoms with E-state index in [9.17, 15) is 9.59 Å². The van der Waals surface area contributed by atoms with Gasteiger partial charge in [-0.1, -0.05) is 11.6 Å². The largest absolute Gasteiger partial charge is 0.465 e. The van der Waals surface area contributed by atoms with Crippen molar-refractivity contribution in [2.45, 2.75) is 20.0 Å². The molecule has 6 nitrogen and oxygen atoms in total. The summed E-state index contributed by atoms with van der Waals surface area (Å²) >= 11 is 6.04. The molecule has 0 atom stereocenters. The SMILES string of the molecule is CCn1cc(Cl)c(CNC(=O)c2ccc(C(=O)OC)cc2)n1. The van der Waals surface area contributed by atoms with Crippen molar-refractivity contribution in [1.82, 2.24) is 15.1 Å². The highest BCUT2D eigenvalue weighted by atomic mass is 35.5. The molecule has 0 saturated heterocycles. The third kappa shape index (κ3) is 3.65. The second-order valence-corrected chi connectivity index (χ2v) is 4.94. The summed E-state index contributed by atoms with van der Waals surface area (Å²) in [7, 11) is 1.31. The molecule has 7 heteroatoms. The molecule has 0 bridgehead atoms. The van der Waals surface area contributed by atoms with E-state index < -0.39 is 5.97 Å². The van der Waals surface area contributed by atoms with Gasteiger partial charge in [0.2, 0.25) is 0 Å². The number of halogens is 1. The molecule has 1 aromatic heterocycles. The van der Waals surface area contributed by atoms with Crippen LogP contribution in [-0.4, -0.2) is 28.8 Å². The zero-order chi connectivity index (χ0) is 16.1. The maximum Gasteiger partial charge on any atom is 0.337 e. The molecule has 1 heterocycles. The fourth-order valence-electron chi connectivity index (χ4n) is 1.86. The van der Waals surface area contributed by atoms with Crippen LogP contribution in [0.5, 0.6) is 0 Å². The molecule has 22 heavy (non-hydrogen) atoms. The van der Waals surface area contributed by atoms with E-state index in [0.717, 1.165) is 0 Å². The monoisotopic (exact) mass is 321 g/mol. The van der Waals surface area contributed by atoms with E-state index in [2.05, 4.69) is 15.2 Å². The summed E-state index contributed by atoms with van der Waals surface area (Å²) in [6, 6.07) is 6.21. The van der Waals surface area contributed by atoms with Gasteiger partial charge in [0.15, 0.2) is 0 Å². The fraction of sp³-hybridized carbons (Fsp3) is 0.267. The Morgan fingerprint density at radius 1 is 1.27 bits per heavy atom. The Morgan fingerprint density at radius 3 is 2.45 bits per heavy atom. The third-order valence-corrected chi connectivity index (χ3v) is 3.41. The molecule has 1 amide bonds. The number of carbonyl (C=O) groups excluding carboxylic acids is 2. The number of ether oxygens (including phenoxy) is 1. The van der Waals surface area contributed by atoms with E-state index in [1.807, 2.05) is 6.92 Å². The highest BCUT2D eigenvalue weighted by Gasteiger charge is 2.11. The fourth-order valence-corrected chi connectivity index (χ4v) is 2.08. The van der Waals surface area contributed by atoms with Gasteiger partial charge in [-0.25, -0.2) is 4.79 Å². The molecule has 0 aliphatic rings. The van der Waals surface area contributed by atoms with Gasteiger partial charge >= 0.3 is 5.97 Å². The van der Waals surface area contributed by atoms with Gasteiger partial charge < -0.3 is 10.1 Å². The number of hydrogen-bond donors (Lipinski definition) is 1. The van der Waals surface area contributed by atoms with Crippen molar-refractivity contribution in [3.63, 3.8) is 0 Å². The van der Waals surface area contributed by atoms with E-state index in [4.69, 9.17) is 11.6 Å². The molecular formula is C15H16ClN3O3. The number of aryl methyl sites for hydroxylation is 1. The number of methoxy groups -OCH3 is 1. The second-order valence-electron chi connectivity index (χ2n) is 4.53. The van der Waals surface area contributed by atoms with E-state index in [1.54, 1.807) is 35.1 Å². The maximum atomic E-state index is 12.1. The minimum Gasteiger partial charge on any atom is -0.465 e. The van der Waals surface area contributed by atoms with Gasteiger partial charge in [-0.15, -0.1) is 0 Å². The molecule has 0 saturated carbocycles. The zero-order valence-corrected chi connectivity index (χ0v) is 13.1. The minimum atomic E-state index is -0.441. The standard InChI is InChI=1S/C15H16ClN3O3/c1-3-19-9-12(16)13(18-19)8-17-14(20)10-4-6-11(7-5-10)15(21)22-2/h4-7,9H,3,8H2,1-2H3,(H,17,20). The van der Waals surface area contributed by atoms with Crippen LogP contribution in [0.2, 0.25) is 5.02 Å². The topological polar surface area (TPSA) is 73.2 Å². The summed E-state index contributed by atoms with van der Waals surface area (Å²) in [5, 5.41) is 7.51. The molecule has 0 aliphatic carbocycles. The average Bonchev–Trinajstić information content (AvgIpc) is 2.92. The first-order valence-electron chi connectivity index (χ1n) is 6.73. The smallest absolute Gasteiger partial charge is 0.337 e. The Kier molecular flexibility index (Phi) is 5.16.